The third-order valence-electron chi connectivity index (χ3n) is 4.82. The number of cyclic esters (lactones) is 1. The Morgan fingerprint density at radius 2 is 2.00 bits per heavy atom. The zero-order chi connectivity index (χ0) is 22.0. The molecule has 1 aliphatic rings. The predicted octanol–water partition coefficient (Wildman–Crippen LogP) is 6.11. The fourth-order valence-corrected chi connectivity index (χ4v) is 5.26. The number of thiophene rings is 1. The van der Waals surface area contributed by atoms with Gasteiger partial charge in [0.1, 0.15) is 10.7 Å². The molecule has 1 atom stereocenters. The SMILES string of the molecule is CC(=O)Nc1cccc(C2(c3ccsc3)CC(O)=C(Sc3ccccc3Cl)C(=O)O2)c1. The molecule has 0 saturated heterocycles. The molecular formula is C23H18ClNO4S2. The Hall–Kier alpha value is -2.74. The third-order valence-corrected chi connectivity index (χ3v) is 7.12. The number of anilines is 1. The zero-order valence-corrected chi connectivity index (χ0v) is 18.8. The van der Waals surface area contributed by atoms with E-state index in [0.717, 1.165) is 17.3 Å². The Morgan fingerprint density at radius 3 is 2.68 bits per heavy atom. The number of carbonyl (C=O) groups excluding carboxylic acids is 2. The molecule has 3 aromatic rings. The van der Waals surface area contributed by atoms with Crippen LogP contribution in [0.1, 0.15) is 24.5 Å². The fraction of sp³-hybridized carbons (Fsp3) is 0.130. The Kier molecular flexibility index (Phi) is 6.09. The molecule has 2 heterocycles. The van der Waals surface area contributed by atoms with Gasteiger partial charge in [-0.25, -0.2) is 4.79 Å². The van der Waals surface area contributed by atoms with E-state index in [1.807, 2.05) is 29.0 Å². The van der Waals surface area contributed by atoms with Gasteiger partial charge in [0.25, 0.3) is 0 Å². The van der Waals surface area contributed by atoms with E-state index in [4.69, 9.17) is 16.3 Å². The molecule has 1 aromatic heterocycles. The van der Waals surface area contributed by atoms with Crippen molar-refractivity contribution in [3.05, 3.63) is 92.2 Å². The summed E-state index contributed by atoms with van der Waals surface area (Å²) in [6, 6.07) is 16.1. The first-order valence-corrected chi connectivity index (χ1v) is 11.5. The number of halogens is 1. The summed E-state index contributed by atoms with van der Waals surface area (Å²) in [6.45, 7) is 1.43. The van der Waals surface area contributed by atoms with Gasteiger partial charge in [0, 0.05) is 28.6 Å². The second-order valence-electron chi connectivity index (χ2n) is 6.98. The summed E-state index contributed by atoms with van der Waals surface area (Å²) in [5.74, 6) is -0.911. The summed E-state index contributed by atoms with van der Waals surface area (Å²) in [6.07, 6.45) is 0.0613. The number of hydrogen-bond donors (Lipinski definition) is 2. The van der Waals surface area contributed by atoms with E-state index < -0.39 is 11.6 Å². The molecule has 0 spiro atoms. The quantitative estimate of drug-likeness (QED) is 0.439. The smallest absolute Gasteiger partial charge is 0.349 e. The van der Waals surface area contributed by atoms with Gasteiger partial charge in [-0.3, -0.25) is 4.79 Å². The molecule has 1 unspecified atom stereocenters. The molecule has 1 amide bonds. The van der Waals surface area contributed by atoms with Crippen molar-refractivity contribution in [2.24, 2.45) is 0 Å². The van der Waals surface area contributed by atoms with Crippen molar-refractivity contribution in [3.63, 3.8) is 0 Å². The van der Waals surface area contributed by atoms with E-state index in [2.05, 4.69) is 5.32 Å². The van der Waals surface area contributed by atoms with E-state index in [1.54, 1.807) is 36.4 Å². The van der Waals surface area contributed by atoms with Crippen LogP contribution in [-0.2, 0) is 19.9 Å². The van der Waals surface area contributed by atoms with Crippen molar-refractivity contribution >= 4 is 52.3 Å². The first kappa shape index (κ1) is 21.5. The summed E-state index contributed by atoms with van der Waals surface area (Å²) in [7, 11) is 0. The van der Waals surface area contributed by atoms with E-state index in [-0.39, 0.29) is 23.0 Å². The first-order valence-electron chi connectivity index (χ1n) is 9.38. The molecule has 8 heteroatoms. The van der Waals surface area contributed by atoms with Crippen LogP contribution < -0.4 is 5.32 Å². The molecule has 1 aliphatic heterocycles. The molecule has 4 rings (SSSR count). The minimum absolute atomic E-state index is 0.0613. The standard InChI is InChI=1S/C23H18ClNO4S2/c1-14(26)25-17-6-4-5-15(11-17)23(16-9-10-30-13-16)12-19(27)21(22(28)29-23)31-20-8-3-2-7-18(20)24/h2-11,13,27H,12H2,1H3,(H,25,26). The maximum atomic E-state index is 13.1. The van der Waals surface area contributed by atoms with Gasteiger partial charge in [-0.2, -0.15) is 11.3 Å². The lowest BCUT2D eigenvalue weighted by Crippen LogP contribution is -2.38. The number of amides is 1. The van der Waals surface area contributed by atoms with Gasteiger partial charge >= 0.3 is 5.97 Å². The Balaban J connectivity index is 1.77. The molecule has 2 aromatic carbocycles. The van der Waals surface area contributed by atoms with Gasteiger partial charge in [0.2, 0.25) is 5.91 Å². The number of thioether (sulfide) groups is 1. The maximum Gasteiger partial charge on any atom is 0.349 e. The van der Waals surface area contributed by atoms with Crippen LogP contribution in [0.15, 0.2) is 80.9 Å². The van der Waals surface area contributed by atoms with Gasteiger partial charge < -0.3 is 15.2 Å². The summed E-state index contributed by atoms with van der Waals surface area (Å²) in [5.41, 5.74) is 0.772. The number of aliphatic hydroxyl groups is 1. The van der Waals surface area contributed by atoms with Crippen molar-refractivity contribution in [3.8, 4) is 0 Å². The highest BCUT2D eigenvalue weighted by Gasteiger charge is 2.45. The van der Waals surface area contributed by atoms with Gasteiger partial charge in [-0.05, 0) is 41.1 Å². The Labute approximate surface area is 192 Å². The number of aliphatic hydroxyl groups excluding tert-OH is 1. The average molecular weight is 472 g/mol. The van der Waals surface area contributed by atoms with Crippen LogP contribution in [0, 0.1) is 0 Å². The highest BCUT2D eigenvalue weighted by molar-refractivity contribution is 8.04. The summed E-state index contributed by atoms with van der Waals surface area (Å²) < 4.78 is 6.03. The molecule has 5 nitrogen and oxygen atoms in total. The number of hydrogen-bond acceptors (Lipinski definition) is 6. The number of nitrogens with one attached hydrogen (secondary N) is 1. The molecule has 0 fully saturated rings. The van der Waals surface area contributed by atoms with Crippen LogP contribution in [0.25, 0.3) is 0 Å². The summed E-state index contributed by atoms with van der Waals surface area (Å²) >= 11 is 8.77. The fourth-order valence-electron chi connectivity index (χ4n) is 3.45. The van der Waals surface area contributed by atoms with Crippen molar-refractivity contribution in [1.29, 1.82) is 0 Å². The van der Waals surface area contributed by atoms with Crippen molar-refractivity contribution < 1.29 is 19.4 Å². The number of benzene rings is 2. The van der Waals surface area contributed by atoms with E-state index in [1.165, 1.54) is 18.3 Å². The highest BCUT2D eigenvalue weighted by Crippen LogP contribution is 2.47. The molecule has 0 aliphatic carbocycles. The van der Waals surface area contributed by atoms with Crippen molar-refractivity contribution in [1.82, 2.24) is 0 Å². The lowest BCUT2D eigenvalue weighted by Gasteiger charge is -2.37. The Bertz CT molecular complexity index is 1180. The molecule has 2 N–H and O–H groups in total. The third kappa shape index (κ3) is 4.35. The van der Waals surface area contributed by atoms with Crippen LogP contribution in [0.5, 0.6) is 0 Å². The Morgan fingerprint density at radius 1 is 1.19 bits per heavy atom. The van der Waals surface area contributed by atoms with Crippen molar-refractivity contribution in [2.45, 2.75) is 23.8 Å². The molecule has 31 heavy (non-hydrogen) atoms. The molecule has 0 saturated carbocycles. The summed E-state index contributed by atoms with van der Waals surface area (Å²) in [4.78, 5) is 25.4. The highest BCUT2D eigenvalue weighted by atomic mass is 35.5. The van der Waals surface area contributed by atoms with E-state index in [0.29, 0.717) is 21.2 Å². The number of ether oxygens (including phenoxy) is 1. The maximum absolute atomic E-state index is 13.1. The van der Waals surface area contributed by atoms with Crippen molar-refractivity contribution in [2.75, 3.05) is 5.32 Å². The van der Waals surface area contributed by atoms with Crippen LogP contribution in [-0.4, -0.2) is 17.0 Å². The summed E-state index contributed by atoms with van der Waals surface area (Å²) in [5, 5.41) is 18.0. The number of esters is 1. The number of rotatable bonds is 5. The number of carbonyl (C=O) groups is 2. The molecule has 158 valence electrons. The molecular weight excluding hydrogens is 454 g/mol. The second kappa shape index (κ2) is 8.78. The zero-order valence-electron chi connectivity index (χ0n) is 16.4. The first-order chi connectivity index (χ1) is 14.9. The van der Waals surface area contributed by atoms with Gasteiger partial charge in [-0.15, -0.1) is 0 Å². The second-order valence-corrected chi connectivity index (χ2v) is 9.22. The van der Waals surface area contributed by atoms with Crippen LogP contribution >= 0.6 is 34.7 Å². The normalized spacial score (nSPS) is 18.6. The van der Waals surface area contributed by atoms with E-state index >= 15 is 0 Å². The van der Waals surface area contributed by atoms with Gasteiger partial charge in [-0.1, -0.05) is 47.6 Å². The molecule has 0 radical (unpaired) electrons. The lowest BCUT2D eigenvalue weighted by molar-refractivity contribution is -0.154. The van der Waals surface area contributed by atoms with Crippen LogP contribution in [0.4, 0.5) is 5.69 Å². The van der Waals surface area contributed by atoms with Crippen LogP contribution in [0.3, 0.4) is 0 Å². The molecule has 0 bridgehead atoms. The largest absolute Gasteiger partial charge is 0.511 e. The van der Waals surface area contributed by atoms with Crippen LogP contribution in [0.2, 0.25) is 5.02 Å². The van der Waals surface area contributed by atoms with E-state index in [9.17, 15) is 14.7 Å². The predicted molar refractivity (Wildman–Crippen MR) is 124 cm³/mol. The topological polar surface area (TPSA) is 75.6 Å². The average Bonchev–Trinajstić information content (AvgIpc) is 3.27. The van der Waals surface area contributed by atoms with Gasteiger partial charge in [0.15, 0.2) is 5.60 Å². The monoisotopic (exact) mass is 471 g/mol. The lowest BCUT2D eigenvalue weighted by atomic mass is 9.82. The van der Waals surface area contributed by atoms with Gasteiger partial charge in [0.05, 0.1) is 11.4 Å². The minimum atomic E-state index is -1.21. The minimum Gasteiger partial charge on any atom is -0.511 e.